The first kappa shape index (κ1) is 14.9. The highest BCUT2D eigenvalue weighted by molar-refractivity contribution is 4.96. The SMILES string of the molecule is CCCCCC(C)(CCCC)C1CC(F)(F)C1. The summed E-state index contributed by atoms with van der Waals surface area (Å²) >= 11 is 0. The summed E-state index contributed by atoms with van der Waals surface area (Å²) < 4.78 is 26.1. The van der Waals surface area contributed by atoms with Crippen LogP contribution in [0.1, 0.15) is 78.6 Å². The second-order valence-corrected chi connectivity index (χ2v) is 6.18. The molecule has 102 valence electrons. The van der Waals surface area contributed by atoms with Gasteiger partial charge in [-0.2, -0.15) is 0 Å². The quantitative estimate of drug-likeness (QED) is 0.474. The van der Waals surface area contributed by atoms with Gasteiger partial charge in [-0.15, -0.1) is 0 Å². The predicted molar refractivity (Wildman–Crippen MR) is 69.4 cm³/mol. The van der Waals surface area contributed by atoms with Crippen LogP contribution < -0.4 is 0 Å². The molecule has 1 atom stereocenters. The fourth-order valence-corrected chi connectivity index (χ4v) is 3.05. The molecule has 0 aliphatic heterocycles. The first-order valence-corrected chi connectivity index (χ1v) is 7.31. The Morgan fingerprint density at radius 2 is 1.53 bits per heavy atom. The first-order chi connectivity index (χ1) is 7.93. The molecule has 0 saturated heterocycles. The molecule has 0 spiro atoms. The molecule has 0 N–H and O–H groups in total. The molecule has 0 aromatic carbocycles. The number of halogens is 2. The molecule has 17 heavy (non-hydrogen) atoms. The second-order valence-electron chi connectivity index (χ2n) is 6.18. The molecule has 1 fully saturated rings. The first-order valence-electron chi connectivity index (χ1n) is 7.31. The van der Waals surface area contributed by atoms with Crippen molar-refractivity contribution in [1.82, 2.24) is 0 Å². The van der Waals surface area contributed by atoms with Crippen LogP contribution in [0.25, 0.3) is 0 Å². The molecular weight excluding hydrogens is 218 g/mol. The number of unbranched alkanes of at least 4 members (excludes halogenated alkanes) is 3. The van der Waals surface area contributed by atoms with Crippen molar-refractivity contribution in [3.8, 4) is 0 Å². The van der Waals surface area contributed by atoms with E-state index in [2.05, 4.69) is 20.8 Å². The largest absolute Gasteiger partial charge is 0.248 e. The molecule has 0 aromatic rings. The molecule has 0 heterocycles. The van der Waals surface area contributed by atoms with Gasteiger partial charge in [0.05, 0.1) is 0 Å². The van der Waals surface area contributed by atoms with Crippen molar-refractivity contribution in [2.24, 2.45) is 11.3 Å². The lowest BCUT2D eigenvalue weighted by Gasteiger charge is -2.47. The van der Waals surface area contributed by atoms with Gasteiger partial charge in [-0.05, 0) is 24.2 Å². The van der Waals surface area contributed by atoms with Crippen LogP contribution in [0, 0.1) is 11.3 Å². The van der Waals surface area contributed by atoms with Crippen molar-refractivity contribution >= 4 is 0 Å². The number of hydrogen-bond donors (Lipinski definition) is 0. The molecule has 0 bridgehead atoms. The van der Waals surface area contributed by atoms with Gasteiger partial charge in [-0.25, -0.2) is 8.78 Å². The Balaban J connectivity index is 2.47. The van der Waals surface area contributed by atoms with Crippen LogP contribution in [-0.4, -0.2) is 5.92 Å². The van der Waals surface area contributed by atoms with Crippen LogP contribution >= 0.6 is 0 Å². The number of alkyl halides is 2. The Labute approximate surface area is 105 Å². The Morgan fingerprint density at radius 3 is 2.00 bits per heavy atom. The van der Waals surface area contributed by atoms with E-state index in [-0.39, 0.29) is 24.2 Å². The van der Waals surface area contributed by atoms with Gasteiger partial charge in [0, 0.05) is 12.8 Å². The lowest BCUT2D eigenvalue weighted by molar-refractivity contribution is -0.148. The van der Waals surface area contributed by atoms with Gasteiger partial charge >= 0.3 is 0 Å². The summed E-state index contributed by atoms with van der Waals surface area (Å²) in [5.41, 5.74) is 0.173. The third kappa shape index (κ3) is 4.22. The Kier molecular flexibility index (Phi) is 5.40. The van der Waals surface area contributed by atoms with Crippen molar-refractivity contribution in [3.05, 3.63) is 0 Å². The molecule has 2 heteroatoms. The van der Waals surface area contributed by atoms with E-state index in [9.17, 15) is 8.78 Å². The van der Waals surface area contributed by atoms with Gasteiger partial charge in [-0.3, -0.25) is 0 Å². The van der Waals surface area contributed by atoms with Gasteiger partial charge in [-0.1, -0.05) is 52.9 Å². The zero-order valence-electron chi connectivity index (χ0n) is 11.7. The Morgan fingerprint density at radius 1 is 1.00 bits per heavy atom. The van der Waals surface area contributed by atoms with E-state index >= 15 is 0 Å². The second kappa shape index (κ2) is 6.15. The monoisotopic (exact) mass is 246 g/mol. The smallest absolute Gasteiger partial charge is 0.207 e. The predicted octanol–water partition coefficient (Wildman–Crippen LogP) is 5.81. The molecule has 1 aliphatic carbocycles. The van der Waals surface area contributed by atoms with E-state index in [0.29, 0.717) is 0 Å². The highest BCUT2D eigenvalue weighted by Crippen LogP contribution is 2.54. The van der Waals surface area contributed by atoms with Crippen LogP contribution in [0.3, 0.4) is 0 Å². The Bertz CT molecular complexity index is 217. The highest BCUT2D eigenvalue weighted by Gasteiger charge is 2.52. The van der Waals surface area contributed by atoms with Crippen molar-refractivity contribution in [3.63, 3.8) is 0 Å². The van der Waals surface area contributed by atoms with E-state index in [1.54, 1.807) is 0 Å². The molecule has 0 nitrogen and oxygen atoms in total. The van der Waals surface area contributed by atoms with E-state index in [4.69, 9.17) is 0 Å². The van der Waals surface area contributed by atoms with E-state index in [1.165, 1.54) is 32.1 Å². The average molecular weight is 246 g/mol. The topological polar surface area (TPSA) is 0 Å². The molecular formula is C15H28F2. The maximum absolute atomic E-state index is 13.0. The van der Waals surface area contributed by atoms with Gasteiger partial charge < -0.3 is 0 Å². The van der Waals surface area contributed by atoms with Crippen LogP contribution in [0.4, 0.5) is 8.78 Å². The summed E-state index contributed by atoms with van der Waals surface area (Å²) in [6, 6.07) is 0. The normalized spacial score (nSPS) is 23.1. The van der Waals surface area contributed by atoms with Gasteiger partial charge in [0.1, 0.15) is 0 Å². The minimum absolute atomic E-state index is 0.138. The summed E-state index contributed by atoms with van der Waals surface area (Å²) in [5.74, 6) is -2.09. The third-order valence-corrected chi connectivity index (χ3v) is 4.53. The molecule has 1 rings (SSSR count). The standard InChI is InChI=1S/C15H28F2/c1-4-6-8-10-14(3,9-7-5-2)13-11-15(16,17)12-13/h13H,4-12H2,1-3H3. The van der Waals surface area contributed by atoms with Crippen LogP contribution in [0.5, 0.6) is 0 Å². The van der Waals surface area contributed by atoms with E-state index in [1.807, 2.05) is 0 Å². The summed E-state index contributed by atoms with van der Waals surface area (Å²) in [7, 11) is 0. The minimum atomic E-state index is -2.36. The maximum atomic E-state index is 13.0. The van der Waals surface area contributed by atoms with E-state index < -0.39 is 5.92 Å². The van der Waals surface area contributed by atoms with Crippen LogP contribution in [0.15, 0.2) is 0 Å². The molecule has 0 aromatic heterocycles. The van der Waals surface area contributed by atoms with Crippen molar-refractivity contribution < 1.29 is 8.78 Å². The third-order valence-electron chi connectivity index (χ3n) is 4.53. The van der Waals surface area contributed by atoms with Gasteiger partial charge in [0.25, 0.3) is 0 Å². The summed E-state index contributed by atoms with van der Waals surface area (Å²) in [5, 5.41) is 0. The molecule has 1 unspecified atom stereocenters. The van der Waals surface area contributed by atoms with Crippen molar-refractivity contribution in [2.75, 3.05) is 0 Å². The Hall–Kier alpha value is -0.140. The zero-order chi connectivity index (χ0) is 12.9. The lowest BCUT2D eigenvalue weighted by Crippen LogP contribution is -2.44. The van der Waals surface area contributed by atoms with Crippen LogP contribution in [-0.2, 0) is 0 Å². The minimum Gasteiger partial charge on any atom is -0.207 e. The summed E-state index contributed by atoms with van der Waals surface area (Å²) in [6.45, 7) is 6.63. The molecule has 0 amide bonds. The number of hydrogen-bond acceptors (Lipinski definition) is 0. The molecule has 1 saturated carbocycles. The molecule has 1 aliphatic rings. The zero-order valence-corrected chi connectivity index (χ0v) is 11.7. The summed E-state index contributed by atoms with van der Waals surface area (Å²) in [6.07, 6.45) is 8.57. The van der Waals surface area contributed by atoms with Crippen molar-refractivity contribution in [1.29, 1.82) is 0 Å². The van der Waals surface area contributed by atoms with Gasteiger partial charge in [0.2, 0.25) is 5.92 Å². The fraction of sp³-hybridized carbons (Fsp3) is 1.00. The number of rotatable bonds is 8. The van der Waals surface area contributed by atoms with E-state index in [0.717, 1.165) is 12.8 Å². The highest BCUT2D eigenvalue weighted by atomic mass is 19.3. The lowest BCUT2D eigenvalue weighted by atomic mass is 9.60. The maximum Gasteiger partial charge on any atom is 0.248 e. The fourth-order valence-electron chi connectivity index (χ4n) is 3.05. The van der Waals surface area contributed by atoms with Gasteiger partial charge in [0.15, 0.2) is 0 Å². The molecule has 0 radical (unpaired) electrons. The average Bonchev–Trinajstić information content (AvgIpc) is 2.23. The van der Waals surface area contributed by atoms with Crippen molar-refractivity contribution in [2.45, 2.75) is 84.5 Å². The van der Waals surface area contributed by atoms with Crippen LogP contribution in [0.2, 0.25) is 0 Å². The summed E-state index contributed by atoms with van der Waals surface area (Å²) in [4.78, 5) is 0.